The van der Waals surface area contributed by atoms with Crippen molar-refractivity contribution in [3.8, 4) is 17.1 Å². The van der Waals surface area contributed by atoms with Gasteiger partial charge in [0.2, 0.25) is 5.88 Å². The molecule has 4 heteroatoms. The third-order valence-corrected chi connectivity index (χ3v) is 2.67. The molecule has 0 saturated carbocycles. The third kappa shape index (κ3) is 1.78. The van der Waals surface area contributed by atoms with E-state index in [0.717, 1.165) is 16.6 Å². The van der Waals surface area contributed by atoms with Crippen LogP contribution in [0.1, 0.15) is 0 Å². The van der Waals surface area contributed by atoms with E-state index in [9.17, 15) is 0 Å². The summed E-state index contributed by atoms with van der Waals surface area (Å²) in [6, 6.07) is 11.5. The Kier molecular flexibility index (Phi) is 2.61. The molecule has 0 bridgehead atoms. The predicted octanol–water partition coefficient (Wildman–Crippen LogP) is 2.70. The van der Waals surface area contributed by atoms with Gasteiger partial charge in [-0.3, -0.25) is 4.98 Å². The lowest BCUT2D eigenvalue weighted by Gasteiger charge is -2.07. The van der Waals surface area contributed by atoms with Crippen molar-refractivity contribution >= 4 is 11.0 Å². The number of para-hydroxylation sites is 2. The molecule has 1 aromatic carbocycles. The Bertz CT molecular complexity index is 683. The molecule has 0 fully saturated rings. The maximum atomic E-state index is 5.31. The van der Waals surface area contributed by atoms with E-state index >= 15 is 0 Å². The van der Waals surface area contributed by atoms with E-state index in [0.29, 0.717) is 11.6 Å². The van der Waals surface area contributed by atoms with Crippen molar-refractivity contribution in [1.29, 1.82) is 0 Å². The minimum Gasteiger partial charge on any atom is -0.479 e. The fourth-order valence-corrected chi connectivity index (χ4v) is 1.82. The summed E-state index contributed by atoms with van der Waals surface area (Å²) in [7, 11) is 1.60. The number of ether oxygens (including phenoxy) is 1. The molecule has 0 spiro atoms. The molecule has 3 rings (SSSR count). The minimum atomic E-state index is 0.515. The lowest BCUT2D eigenvalue weighted by Crippen LogP contribution is -1.96. The standard InChI is InChI=1S/C14H11N3O/c1-18-14-13(10-5-4-8-15-9-10)16-11-6-2-3-7-12(11)17-14/h2-9H,1H3. The van der Waals surface area contributed by atoms with Gasteiger partial charge < -0.3 is 4.74 Å². The Labute approximate surface area is 104 Å². The highest BCUT2D eigenvalue weighted by atomic mass is 16.5. The number of nitrogens with zero attached hydrogens (tertiary/aromatic N) is 3. The highest BCUT2D eigenvalue weighted by Crippen LogP contribution is 2.27. The summed E-state index contributed by atoms with van der Waals surface area (Å²) in [5, 5.41) is 0. The summed E-state index contributed by atoms with van der Waals surface area (Å²) in [6.45, 7) is 0. The van der Waals surface area contributed by atoms with Crippen LogP contribution in [0.5, 0.6) is 5.88 Å². The van der Waals surface area contributed by atoms with Crippen LogP contribution in [0, 0.1) is 0 Å². The fraction of sp³-hybridized carbons (Fsp3) is 0.0714. The first-order valence-electron chi connectivity index (χ1n) is 5.59. The van der Waals surface area contributed by atoms with Gasteiger partial charge in [-0.05, 0) is 24.3 Å². The van der Waals surface area contributed by atoms with Gasteiger partial charge in [0.15, 0.2) is 0 Å². The third-order valence-electron chi connectivity index (χ3n) is 2.67. The van der Waals surface area contributed by atoms with E-state index in [1.807, 2.05) is 36.4 Å². The molecular weight excluding hydrogens is 226 g/mol. The molecule has 2 aromatic heterocycles. The van der Waals surface area contributed by atoms with Crippen molar-refractivity contribution in [2.45, 2.75) is 0 Å². The lowest BCUT2D eigenvalue weighted by molar-refractivity contribution is 0.400. The molecule has 88 valence electrons. The smallest absolute Gasteiger partial charge is 0.241 e. The van der Waals surface area contributed by atoms with Crippen LogP contribution in [-0.2, 0) is 0 Å². The Morgan fingerprint density at radius 3 is 2.39 bits per heavy atom. The first-order valence-corrected chi connectivity index (χ1v) is 5.59. The van der Waals surface area contributed by atoms with Gasteiger partial charge in [-0.2, -0.15) is 0 Å². The first kappa shape index (κ1) is 10.7. The van der Waals surface area contributed by atoms with Gasteiger partial charge in [-0.1, -0.05) is 12.1 Å². The highest BCUT2D eigenvalue weighted by molar-refractivity contribution is 5.79. The summed E-state index contributed by atoms with van der Waals surface area (Å²) >= 11 is 0. The second-order valence-corrected chi connectivity index (χ2v) is 3.81. The van der Waals surface area contributed by atoms with Crippen LogP contribution < -0.4 is 4.74 Å². The quantitative estimate of drug-likeness (QED) is 0.687. The molecule has 0 atom stereocenters. The number of hydrogen-bond donors (Lipinski definition) is 0. The Balaban J connectivity index is 2.27. The van der Waals surface area contributed by atoms with Crippen LogP contribution in [0.2, 0.25) is 0 Å². The Hall–Kier alpha value is -2.49. The van der Waals surface area contributed by atoms with Crippen molar-refractivity contribution in [1.82, 2.24) is 15.0 Å². The molecule has 0 N–H and O–H groups in total. The van der Waals surface area contributed by atoms with Gasteiger partial charge >= 0.3 is 0 Å². The van der Waals surface area contributed by atoms with Gasteiger partial charge in [0.25, 0.3) is 0 Å². The average Bonchev–Trinajstić information content (AvgIpc) is 2.46. The number of methoxy groups -OCH3 is 1. The second-order valence-electron chi connectivity index (χ2n) is 3.81. The molecule has 0 saturated heterocycles. The van der Waals surface area contributed by atoms with E-state index in [4.69, 9.17) is 4.74 Å². The highest BCUT2D eigenvalue weighted by Gasteiger charge is 2.11. The molecule has 0 aliphatic rings. The Morgan fingerprint density at radius 2 is 1.72 bits per heavy atom. The number of pyridine rings is 1. The van der Waals surface area contributed by atoms with Crippen LogP contribution in [-0.4, -0.2) is 22.1 Å². The number of fused-ring (bicyclic) bond motifs is 1. The molecule has 0 aliphatic heterocycles. The summed E-state index contributed by atoms with van der Waals surface area (Å²) in [6.07, 6.45) is 3.48. The zero-order valence-electron chi connectivity index (χ0n) is 9.87. The zero-order chi connectivity index (χ0) is 12.4. The first-order chi connectivity index (χ1) is 8.88. The summed E-state index contributed by atoms with van der Waals surface area (Å²) < 4.78 is 5.31. The largest absolute Gasteiger partial charge is 0.479 e. The lowest BCUT2D eigenvalue weighted by atomic mass is 10.2. The number of rotatable bonds is 2. The molecule has 4 nitrogen and oxygen atoms in total. The number of hydrogen-bond acceptors (Lipinski definition) is 4. The topological polar surface area (TPSA) is 47.9 Å². The predicted molar refractivity (Wildman–Crippen MR) is 69.3 cm³/mol. The Morgan fingerprint density at radius 1 is 0.944 bits per heavy atom. The van der Waals surface area contributed by atoms with Gasteiger partial charge in [0.1, 0.15) is 5.69 Å². The molecule has 0 aliphatic carbocycles. The van der Waals surface area contributed by atoms with Crippen LogP contribution in [0.25, 0.3) is 22.3 Å². The van der Waals surface area contributed by atoms with Crippen molar-refractivity contribution in [2.75, 3.05) is 7.11 Å². The normalized spacial score (nSPS) is 10.5. The van der Waals surface area contributed by atoms with Crippen molar-refractivity contribution in [3.05, 3.63) is 48.8 Å². The van der Waals surface area contributed by atoms with Crippen LogP contribution in [0.4, 0.5) is 0 Å². The van der Waals surface area contributed by atoms with Gasteiger partial charge in [0, 0.05) is 18.0 Å². The van der Waals surface area contributed by atoms with E-state index in [1.54, 1.807) is 19.5 Å². The zero-order valence-corrected chi connectivity index (χ0v) is 9.87. The van der Waals surface area contributed by atoms with E-state index in [2.05, 4.69) is 15.0 Å². The molecule has 3 aromatic rings. The summed E-state index contributed by atoms with van der Waals surface area (Å²) in [4.78, 5) is 13.1. The van der Waals surface area contributed by atoms with Gasteiger partial charge in [-0.15, -0.1) is 0 Å². The SMILES string of the molecule is COc1nc2ccccc2nc1-c1cccnc1. The van der Waals surface area contributed by atoms with E-state index < -0.39 is 0 Å². The van der Waals surface area contributed by atoms with Crippen LogP contribution in [0.3, 0.4) is 0 Å². The molecule has 0 amide bonds. The van der Waals surface area contributed by atoms with Crippen molar-refractivity contribution in [3.63, 3.8) is 0 Å². The molecule has 18 heavy (non-hydrogen) atoms. The minimum absolute atomic E-state index is 0.515. The van der Waals surface area contributed by atoms with Gasteiger partial charge in [0.05, 0.1) is 18.1 Å². The van der Waals surface area contributed by atoms with Gasteiger partial charge in [-0.25, -0.2) is 9.97 Å². The molecular formula is C14H11N3O. The van der Waals surface area contributed by atoms with E-state index in [-0.39, 0.29) is 0 Å². The number of benzene rings is 1. The summed E-state index contributed by atoms with van der Waals surface area (Å²) in [5.41, 5.74) is 3.27. The van der Waals surface area contributed by atoms with Crippen LogP contribution in [0.15, 0.2) is 48.8 Å². The van der Waals surface area contributed by atoms with Crippen molar-refractivity contribution < 1.29 is 4.74 Å². The van der Waals surface area contributed by atoms with E-state index in [1.165, 1.54) is 0 Å². The molecule has 2 heterocycles. The van der Waals surface area contributed by atoms with Crippen molar-refractivity contribution in [2.24, 2.45) is 0 Å². The number of aromatic nitrogens is 3. The summed E-state index contributed by atoms with van der Waals surface area (Å²) in [5.74, 6) is 0.515. The maximum absolute atomic E-state index is 5.31. The monoisotopic (exact) mass is 237 g/mol. The second kappa shape index (κ2) is 4.41. The van der Waals surface area contributed by atoms with Crippen LogP contribution >= 0.6 is 0 Å². The average molecular weight is 237 g/mol. The molecule has 0 unspecified atom stereocenters. The maximum Gasteiger partial charge on any atom is 0.241 e. The fourth-order valence-electron chi connectivity index (χ4n) is 1.82. The molecule has 0 radical (unpaired) electrons.